The maximum absolute atomic E-state index is 12.1. The summed E-state index contributed by atoms with van der Waals surface area (Å²) in [5.41, 5.74) is 2.79. The van der Waals surface area contributed by atoms with Gasteiger partial charge in [0.15, 0.2) is 0 Å². The van der Waals surface area contributed by atoms with Gasteiger partial charge >= 0.3 is 0 Å². The lowest BCUT2D eigenvalue weighted by atomic mass is 10.1. The van der Waals surface area contributed by atoms with E-state index in [1.807, 2.05) is 25.1 Å². The minimum Gasteiger partial charge on any atom is -0.372 e. The van der Waals surface area contributed by atoms with Gasteiger partial charge in [-0.05, 0) is 50.6 Å². The number of carbonyl (C=O) groups is 1. The van der Waals surface area contributed by atoms with Crippen LogP contribution in [0.4, 0.5) is 16.2 Å². The summed E-state index contributed by atoms with van der Waals surface area (Å²) in [6, 6.07) is 7.42. The zero-order valence-electron chi connectivity index (χ0n) is 15.7. The van der Waals surface area contributed by atoms with E-state index in [0.29, 0.717) is 0 Å². The molecule has 2 rings (SSSR count). The smallest absolute Gasteiger partial charge is 0.283 e. The van der Waals surface area contributed by atoms with Gasteiger partial charge in [-0.25, -0.2) is 18.4 Å². The Hall–Kier alpha value is -2.13. The first-order chi connectivity index (χ1) is 12.9. The van der Waals surface area contributed by atoms with Crippen molar-refractivity contribution in [3.05, 3.63) is 42.2 Å². The van der Waals surface area contributed by atoms with Gasteiger partial charge in [0.2, 0.25) is 15.0 Å². The van der Waals surface area contributed by atoms with Crippen LogP contribution in [0, 0.1) is 6.92 Å². The molecule has 7 nitrogen and oxygen atoms in total. The van der Waals surface area contributed by atoms with Gasteiger partial charge < -0.3 is 10.2 Å². The number of hydrogen-bond donors (Lipinski definition) is 1. The normalized spacial score (nSPS) is 11.2. The zero-order valence-corrected chi connectivity index (χ0v) is 17.3. The number of aryl methyl sites for hydroxylation is 1. The van der Waals surface area contributed by atoms with Crippen molar-refractivity contribution < 1.29 is 13.2 Å². The number of rotatable bonds is 8. The second-order valence-electron chi connectivity index (χ2n) is 5.78. The Balaban J connectivity index is 1.91. The van der Waals surface area contributed by atoms with E-state index in [2.05, 4.69) is 34.0 Å². The Morgan fingerprint density at radius 2 is 1.85 bits per heavy atom. The minimum absolute atomic E-state index is 0.128. The highest BCUT2D eigenvalue weighted by atomic mass is 32.2. The van der Waals surface area contributed by atoms with Crippen LogP contribution >= 0.6 is 11.8 Å². The van der Waals surface area contributed by atoms with E-state index in [4.69, 9.17) is 0 Å². The lowest BCUT2D eigenvalue weighted by Gasteiger charge is -2.22. The number of nitrogens with zero attached hydrogens (tertiary/aromatic N) is 3. The molecule has 1 N–H and O–H groups in total. The third kappa shape index (κ3) is 5.93. The molecule has 0 saturated heterocycles. The summed E-state index contributed by atoms with van der Waals surface area (Å²) in [5, 5.41) is 2.31. The lowest BCUT2D eigenvalue weighted by Crippen LogP contribution is -2.22. The van der Waals surface area contributed by atoms with Crippen molar-refractivity contribution in [1.29, 1.82) is 0 Å². The number of carbonyl (C=O) groups excluding carboxylic acids is 1. The molecule has 146 valence electrons. The van der Waals surface area contributed by atoms with Crippen molar-refractivity contribution >= 4 is 38.2 Å². The Morgan fingerprint density at radius 1 is 1.19 bits per heavy atom. The van der Waals surface area contributed by atoms with Crippen molar-refractivity contribution in [3.8, 4) is 0 Å². The largest absolute Gasteiger partial charge is 0.372 e. The van der Waals surface area contributed by atoms with Gasteiger partial charge in [0.1, 0.15) is 0 Å². The first-order valence-corrected chi connectivity index (χ1v) is 11.3. The Labute approximate surface area is 164 Å². The molecular weight excluding hydrogens is 384 g/mol. The molecule has 1 amide bonds. The summed E-state index contributed by atoms with van der Waals surface area (Å²) in [6.45, 7) is 7.96. The molecule has 0 fully saturated rings. The standard InChI is InChI=1S/C18H24N4O3S2/c1-4-22(5-2)15-7-8-16(14(3)13-15)21-18(23)26-11-12-27(24,25)17-19-9-6-10-20-17/h6-10,13H,4-5,11-12H2,1-3H3,(H,21,23). The molecule has 0 aliphatic carbocycles. The molecule has 0 unspecified atom stereocenters. The second kappa shape index (κ2) is 9.70. The summed E-state index contributed by atoms with van der Waals surface area (Å²) in [4.78, 5) is 21.9. The van der Waals surface area contributed by atoms with E-state index in [0.717, 1.165) is 41.8 Å². The van der Waals surface area contributed by atoms with Gasteiger partial charge in [0.05, 0.1) is 5.75 Å². The van der Waals surface area contributed by atoms with Crippen LogP contribution in [-0.2, 0) is 9.84 Å². The molecule has 2 aromatic rings. The van der Waals surface area contributed by atoms with Crippen molar-refractivity contribution in [1.82, 2.24) is 9.97 Å². The van der Waals surface area contributed by atoms with Crippen LogP contribution in [0.2, 0.25) is 0 Å². The fourth-order valence-electron chi connectivity index (χ4n) is 2.50. The average Bonchev–Trinajstić information content (AvgIpc) is 2.65. The van der Waals surface area contributed by atoms with Crippen molar-refractivity contribution in [3.63, 3.8) is 0 Å². The van der Waals surface area contributed by atoms with Crippen LogP contribution in [-0.4, -0.2) is 48.2 Å². The monoisotopic (exact) mass is 408 g/mol. The Bertz CT molecular complexity index is 869. The van der Waals surface area contributed by atoms with E-state index in [-0.39, 0.29) is 21.9 Å². The Kier molecular flexibility index (Phi) is 7.61. The third-order valence-electron chi connectivity index (χ3n) is 3.98. The maximum atomic E-state index is 12.1. The topological polar surface area (TPSA) is 92.3 Å². The van der Waals surface area contributed by atoms with Gasteiger partial charge in [-0.1, -0.05) is 11.8 Å². The average molecular weight is 409 g/mol. The van der Waals surface area contributed by atoms with Crippen LogP contribution in [0.15, 0.2) is 41.8 Å². The van der Waals surface area contributed by atoms with Gasteiger partial charge in [-0.3, -0.25) is 4.79 Å². The van der Waals surface area contributed by atoms with E-state index in [1.54, 1.807) is 6.07 Å². The number of amides is 1. The molecule has 1 aromatic carbocycles. The number of anilines is 2. The quantitative estimate of drug-likeness (QED) is 0.670. The number of thioether (sulfide) groups is 1. The summed E-state index contributed by atoms with van der Waals surface area (Å²) in [7, 11) is -3.59. The highest BCUT2D eigenvalue weighted by Crippen LogP contribution is 2.24. The van der Waals surface area contributed by atoms with Gasteiger partial charge in [0.25, 0.3) is 5.24 Å². The van der Waals surface area contributed by atoms with Crippen molar-refractivity contribution in [2.45, 2.75) is 25.9 Å². The molecule has 0 bridgehead atoms. The SMILES string of the molecule is CCN(CC)c1ccc(NC(=O)SCCS(=O)(=O)c2ncccn2)c(C)c1. The third-order valence-corrected chi connectivity index (χ3v) is 6.52. The highest BCUT2D eigenvalue weighted by molar-refractivity contribution is 8.14. The fourth-order valence-corrected chi connectivity index (χ4v) is 4.70. The van der Waals surface area contributed by atoms with Crippen molar-refractivity contribution in [2.24, 2.45) is 0 Å². The maximum Gasteiger partial charge on any atom is 0.283 e. The first kappa shape index (κ1) is 21.2. The molecule has 0 aliphatic heterocycles. The number of hydrogen-bond acceptors (Lipinski definition) is 7. The molecule has 9 heteroatoms. The summed E-state index contributed by atoms with van der Waals surface area (Å²) >= 11 is 0.926. The van der Waals surface area contributed by atoms with Gasteiger partial charge in [0, 0.05) is 42.6 Å². The molecule has 27 heavy (non-hydrogen) atoms. The highest BCUT2D eigenvalue weighted by Gasteiger charge is 2.18. The number of benzene rings is 1. The van der Waals surface area contributed by atoms with Crippen LogP contribution in [0.5, 0.6) is 0 Å². The molecule has 1 heterocycles. The second-order valence-corrected chi connectivity index (χ2v) is 8.85. The van der Waals surface area contributed by atoms with Gasteiger partial charge in [-0.2, -0.15) is 0 Å². The van der Waals surface area contributed by atoms with E-state index >= 15 is 0 Å². The summed E-state index contributed by atoms with van der Waals surface area (Å²) in [6.07, 6.45) is 2.76. The van der Waals surface area contributed by atoms with Crippen LogP contribution < -0.4 is 10.2 Å². The van der Waals surface area contributed by atoms with E-state index in [9.17, 15) is 13.2 Å². The Morgan fingerprint density at radius 3 is 2.44 bits per heavy atom. The number of sulfone groups is 1. The minimum atomic E-state index is -3.59. The zero-order chi connectivity index (χ0) is 19.9. The van der Waals surface area contributed by atoms with Crippen LogP contribution in [0.1, 0.15) is 19.4 Å². The van der Waals surface area contributed by atoms with E-state index in [1.165, 1.54) is 12.4 Å². The molecule has 0 saturated carbocycles. The fraction of sp³-hybridized carbons (Fsp3) is 0.389. The summed E-state index contributed by atoms with van der Waals surface area (Å²) in [5.74, 6) is -0.0714. The molecular formula is C18H24N4O3S2. The van der Waals surface area contributed by atoms with E-state index < -0.39 is 9.84 Å². The molecule has 0 spiro atoms. The van der Waals surface area contributed by atoms with Crippen LogP contribution in [0.3, 0.4) is 0 Å². The predicted octanol–water partition coefficient (Wildman–Crippen LogP) is 3.37. The summed E-state index contributed by atoms with van der Waals surface area (Å²) < 4.78 is 24.2. The first-order valence-electron chi connectivity index (χ1n) is 8.66. The molecule has 0 radical (unpaired) electrons. The molecule has 1 aromatic heterocycles. The number of aromatic nitrogens is 2. The van der Waals surface area contributed by atoms with Crippen LogP contribution in [0.25, 0.3) is 0 Å². The lowest BCUT2D eigenvalue weighted by molar-refractivity contribution is 0.270. The number of nitrogens with one attached hydrogen (secondary N) is 1. The van der Waals surface area contributed by atoms with Crippen molar-refractivity contribution in [2.75, 3.05) is 34.8 Å². The molecule has 0 atom stereocenters. The molecule has 0 aliphatic rings. The predicted molar refractivity (Wildman–Crippen MR) is 110 cm³/mol. The van der Waals surface area contributed by atoms with Gasteiger partial charge in [-0.15, -0.1) is 0 Å².